The summed E-state index contributed by atoms with van der Waals surface area (Å²) in [4.78, 5) is 4.59. The molecule has 108 valence electrons. The van der Waals surface area contributed by atoms with Gasteiger partial charge < -0.3 is 9.88 Å². The van der Waals surface area contributed by atoms with Crippen LogP contribution in [0.1, 0.15) is 51.8 Å². The van der Waals surface area contributed by atoms with Gasteiger partial charge in [-0.1, -0.05) is 26.7 Å². The standard InChI is InChI=1S/C16H29N3/c1-3-10-19-11-9-18-16(19)12-14-7-5-6-8-15(14)13-17-4-2/h9,11,14-15,17H,3-8,10,12-13H2,1-2H3. The van der Waals surface area contributed by atoms with Crippen LogP contribution in [0.5, 0.6) is 0 Å². The van der Waals surface area contributed by atoms with E-state index in [1.165, 1.54) is 50.9 Å². The molecule has 1 heterocycles. The summed E-state index contributed by atoms with van der Waals surface area (Å²) in [6, 6.07) is 0. The van der Waals surface area contributed by atoms with Crippen molar-refractivity contribution in [3.8, 4) is 0 Å². The van der Waals surface area contributed by atoms with Crippen molar-refractivity contribution in [1.29, 1.82) is 0 Å². The second-order valence-corrected chi connectivity index (χ2v) is 5.85. The number of nitrogens with zero attached hydrogens (tertiary/aromatic N) is 2. The summed E-state index contributed by atoms with van der Waals surface area (Å²) in [5, 5.41) is 3.54. The number of nitrogens with one attached hydrogen (secondary N) is 1. The van der Waals surface area contributed by atoms with E-state index < -0.39 is 0 Å². The van der Waals surface area contributed by atoms with Crippen LogP contribution in [0.3, 0.4) is 0 Å². The summed E-state index contributed by atoms with van der Waals surface area (Å²) in [5.74, 6) is 2.97. The Balaban J connectivity index is 1.96. The maximum atomic E-state index is 4.59. The Kier molecular flexibility index (Phi) is 5.90. The normalized spacial score (nSPS) is 23.7. The average molecular weight is 263 g/mol. The van der Waals surface area contributed by atoms with Gasteiger partial charge in [0.2, 0.25) is 0 Å². The Labute approximate surface area is 117 Å². The Hall–Kier alpha value is -0.830. The van der Waals surface area contributed by atoms with Gasteiger partial charge in [-0.2, -0.15) is 0 Å². The monoisotopic (exact) mass is 263 g/mol. The molecule has 0 amide bonds. The van der Waals surface area contributed by atoms with Crippen molar-refractivity contribution in [3.05, 3.63) is 18.2 Å². The number of imidazole rings is 1. The van der Waals surface area contributed by atoms with Crippen LogP contribution in [0.15, 0.2) is 12.4 Å². The number of rotatable bonds is 7. The van der Waals surface area contributed by atoms with Crippen molar-refractivity contribution in [2.24, 2.45) is 11.8 Å². The van der Waals surface area contributed by atoms with Crippen LogP contribution >= 0.6 is 0 Å². The zero-order valence-electron chi connectivity index (χ0n) is 12.6. The van der Waals surface area contributed by atoms with Gasteiger partial charge >= 0.3 is 0 Å². The zero-order chi connectivity index (χ0) is 13.5. The van der Waals surface area contributed by atoms with Gasteiger partial charge in [0, 0.05) is 25.4 Å². The Morgan fingerprint density at radius 3 is 2.79 bits per heavy atom. The summed E-state index contributed by atoms with van der Waals surface area (Å²) in [6.07, 6.45) is 12.1. The van der Waals surface area contributed by atoms with Crippen molar-refractivity contribution in [2.75, 3.05) is 13.1 Å². The molecule has 1 aromatic heterocycles. The van der Waals surface area contributed by atoms with E-state index in [4.69, 9.17) is 0 Å². The van der Waals surface area contributed by atoms with Crippen molar-refractivity contribution >= 4 is 0 Å². The first-order valence-corrected chi connectivity index (χ1v) is 8.05. The summed E-state index contributed by atoms with van der Waals surface area (Å²) < 4.78 is 2.35. The third-order valence-corrected chi connectivity index (χ3v) is 4.43. The molecule has 19 heavy (non-hydrogen) atoms. The minimum atomic E-state index is 0.825. The van der Waals surface area contributed by atoms with Crippen LogP contribution in [-0.4, -0.2) is 22.6 Å². The van der Waals surface area contributed by atoms with E-state index in [9.17, 15) is 0 Å². The molecular weight excluding hydrogens is 234 g/mol. The molecule has 2 atom stereocenters. The van der Waals surface area contributed by atoms with Crippen molar-refractivity contribution in [2.45, 2.75) is 58.9 Å². The van der Waals surface area contributed by atoms with Gasteiger partial charge in [0.15, 0.2) is 0 Å². The summed E-state index contributed by atoms with van der Waals surface area (Å²) in [7, 11) is 0. The summed E-state index contributed by atoms with van der Waals surface area (Å²) in [5.41, 5.74) is 0. The van der Waals surface area contributed by atoms with Gasteiger partial charge in [0.05, 0.1) is 0 Å². The molecular formula is C16H29N3. The fourth-order valence-corrected chi connectivity index (χ4v) is 3.36. The van der Waals surface area contributed by atoms with Crippen LogP contribution in [0, 0.1) is 11.8 Å². The highest BCUT2D eigenvalue weighted by molar-refractivity contribution is 4.96. The van der Waals surface area contributed by atoms with E-state index in [1.54, 1.807) is 0 Å². The largest absolute Gasteiger partial charge is 0.335 e. The van der Waals surface area contributed by atoms with E-state index in [2.05, 4.69) is 34.9 Å². The Bertz CT molecular complexity index is 359. The topological polar surface area (TPSA) is 29.9 Å². The third-order valence-electron chi connectivity index (χ3n) is 4.43. The summed E-state index contributed by atoms with van der Waals surface area (Å²) >= 11 is 0. The minimum absolute atomic E-state index is 0.825. The highest BCUT2D eigenvalue weighted by Gasteiger charge is 2.26. The maximum absolute atomic E-state index is 4.59. The molecule has 3 nitrogen and oxygen atoms in total. The second-order valence-electron chi connectivity index (χ2n) is 5.85. The molecule has 0 bridgehead atoms. The van der Waals surface area contributed by atoms with Gasteiger partial charge in [-0.15, -0.1) is 0 Å². The smallest absolute Gasteiger partial charge is 0.108 e. The third kappa shape index (κ3) is 4.07. The highest BCUT2D eigenvalue weighted by atomic mass is 15.1. The van der Waals surface area contributed by atoms with E-state index in [1.807, 2.05) is 6.20 Å². The van der Waals surface area contributed by atoms with E-state index in [0.29, 0.717) is 0 Å². The van der Waals surface area contributed by atoms with Gasteiger partial charge in [-0.3, -0.25) is 0 Å². The Morgan fingerprint density at radius 2 is 2.05 bits per heavy atom. The van der Waals surface area contributed by atoms with E-state index in [0.717, 1.165) is 24.9 Å². The predicted molar refractivity (Wildman–Crippen MR) is 80.2 cm³/mol. The fraction of sp³-hybridized carbons (Fsp3) is 0.812. The molecule has 0 saturated heterocycles. The molecule has 1 fully saturated rings. The number of hydrogen-bond acceptors (Lipinski definition) is 2. The van der Waals surface area contributed by atoms with Crippen LogP contribution < -0.4 is 5.32 Å². The molecule has 2 rings (SSSR count). The number of aromatic nitrogens is 2. The van der Waals surface area contributed by atoms with E-state index in [-0.39, 0.29) is 0 Å². The molecule has 1 saturated carbocycles. The van der Waals surface area contributed by atoms with E-state index >= 15 is 0 Å². The van der Waals surface area contributed by atoms with Crippen LogP contribution in [-0.2, 0) is 13.0 Å². The molecule has 0 aromatic carbocycles. The van der Waals surface area contributed by atoms with Crippen molar-refractivity contribution in [1.82, 2.24) is 14.9 Å². The van der Waals surface area contributed by atoms with Crippen LogP contribution in [0.25, 0.3) is 0 Å². The first-order chi connectivity index (χ1) is 9.35. The predicted octanol–water partition coefficient (Wildman–Crippen LogP) is 3.25. The van der Waals surface area contributed by atoms with Crippen molar-refractivity contribution < 1.29 is 0 Å². The number of hydrogen-bond donors (Lipinski definition) is 1. The molecule has 2 unspecified atom stereocenters. The molecule has 0 spiro atoms. The lowest BCUT2D eigenvalue weighted by molar-refractivity contribution is 0.225. The highest BCUT2D eigenvalue weighted by Crippen LogP contribution is 2.32. The van der Waals surface area contributed by atoms with Gasteiger partial charge in [-0.05, 0) is 44.2 Å². The molecule has 1 aromatic rings. The minimum Gasteiger partial charge on any atom is -0.335 e. The van der Waals surface area contributed by atoms with Crippen molar-refractivity contribution in [3.63, 3.8) is 0 Å². The van der Waals surface area contributed by atoms with Gasteiger partial charge in [0.1, 0.15) is 5.82 Å². The SMILES string of the molecule is CCCn1ccnc1CC1CCCCC1CNCC. The Morgan fingerprint density at radius 1 is 1.26 bits per heavy atom. The molecule has 3 heteroatoms. The quantitative estimate of drug-likeness (QED) is 0.818. The molecule has 1 N–H and O–H groups in total. The molecule has 0 radical (unpaired) electrons. The zero-order valence-corrected chi connectivity index (χ0v) is 12.6. The first kappa shape index (κ1) is 14.6. The fourth-order valence-electron chi connectivity index (χ4n) is 3.36. The lowest BCUT2D eigenvalue weighted by Crippen LogP contribution is -2.32. The average Bonchev–Trinajstić information content (AvgIpc) is 2.86. The first-order valence-electron chi connectivity index (χ1n) is 8.05. The molecule has 1 aliphatic rings. The van der Waals surface area contributed by atoms with Gasteiger partial charge in [-0.25, -0.2) is 4.98 Å². The van der Waals surface area contributed by atoms with Gasteiger partial charge in [0.25, 0.3) is 0 Å². The van der Waals surface area contributed by atoms with Crippen LogP contribution in [0.2, 0.25) is 0 Å². The van der Waals surface area contributed by atoms with Crippen LogP contribution in [0.4, 0.5) is 0 Å². The second kappa shape index (κ2) is 7.68. The molecule has 1 aliphatic carbocycles. The lowest BCUT2D eigenvalue weighted by Gasteiger charge is -2.31. The number of aryl methyl sites for hydroxylation is 1. The lowest BCUT2D eigenvalue weighted by atomic mass is 9.77. The summed E-state index contributed by atoms with van der Waals surface area (Å²) in [6.45, 7) is 7.83. The maximum Gasteiger partial charge on any atom is 0.108 e. The molecule has 0 aliphatic heterocycles.